The Morgan fingerprint density at radius 3 is 2.62 bits per heavy atom. The quantitative estimate of drug-likeness (QED) is 0.664. The van der Waals surface area contributed by atoms with Gasteiger partial charge in [-0.2, -0.15) is 0 Å². The molecule has 106 valence electrons. The molecular weight excluding hydrogens is 303 g/mol. The van der Waals surface area contributed by atoms with Crippen LogP contribution in [0.4, 0.5) is 0 Å². The van der Waals surface area contributed by atoms with Crippen molar-refractivity contribution in [3.8, 4) is 11.1 Å². The molecular formula is C17H14Cl2N2. The highest BCUT2D eigenvalue weighted by atomic mass is 35.5. The van der Waals surface area contributed by atoms with Crippen LogP contribution in [0.2, 0.25) is 10.0 Å². The van der Waals surface area contributed by atoms with E-state index in [-0.39, 0.29) is 0 Å². The monoisotopic (exact) mass is 316 g/mol. The number of H-pyrrole nitrogens is 1. The standard InChI is InChI=1S/C17H14Cl2N2/c18-11-6-10(7-12(19)8-11)13-2-1-3-15-17(13)14-4-5-20-9-16(14)21-15/h1-3,6-8,20-21H,4-5,9H2. The van der Waals surface area contributed by atoms with Crippen molar-refractivity contribution in [2.45, 2.75) is 13.0 Å². The van der Waals surface area contributed by atoms with Gasteiger partial charge in [-0.3, -0.25) is 0 Å². The van der Waals surface area contributed by atoms with Gasteiger partial charge in [0.25, 0.3) is 0 Å². The Labute approximate surface area is 133 Å². The minimum atomic E-state index is 0.667. The molecule has 0 saturated carbocycles. The number of aromatic nitrogens is 1. The summed E-state index contributed by atoms with van der Waals surface area (Å²) in [6.45, 7) is 1.92. The van der Waals surface area contributed by atoms with Gasteiger partial charge >= 0.3 is 0 Å². The molecule has 0 spiro atoms. The zero-order valence-corrected chi connectivity index (χ0v) is 12.9. The first-order chi connectivity index (χ1) is 10.2. The van der Waals surface area contributed by atoms with Gasteiger partial charge in [0.15, 0.2) is 0 Å². The number of halogens is 2. The number of rotatable bonds is 1. The van der Waals surface area contributed by atoms with Crippen molar-refractivity contribution in [3.63, 3.8) is 0 Å². The van der Waals surface area contributed by atoms with Crippen molar-refractivity contribution in [1.82, 2.24) is 10.3 Å². The maximum Gasteiger partial charge on any atom is 0.0465 e. The van der Waals surface area contributed by atoms with Crippen LogP contribution in [0.25, 0.3) is 22.0 Å². The lowest BCUT2D eigenvalue weighted by Gasteiger charge is -2.14. The predicted octanol–water partition coefficient (Wildman–Crippen LogP) is 4.79. The summed E-state index contributed by atoms with van der Waals surface area (Å²) in [5, 5.41) is 6.04. The molecule has 2 aromatic carbocycles. The Bertz CT molecular complexity index is 816. The molecule has 2 heterocycles. The van der Waals surface area contributed by atoms with Gasteiger partial charge in [-0.15, -0.1) is 0 Å². The summed E-state index contributed by atoms with van der Waals surface area (Å²) < 4.78 is 0. The van der Waals surface area contributed by atoms with Crippen LogP contribution in [0.5, 0.6) is 0 Å². The highest BCUT2D eigenvalue weighted by molar-refractivity contribution is 6.35. The van der Waals surface area contributed by atoms with E-state index in [4.69, 9.17) is 23.2 Å². The molecule has 4 rings (SSSR count). The van der Waals surface area contributed by atoms with E-state index in [9.17, 15) is 0 Å². The Hall–Kier alpha value is -1.48. The van der Waals surface area contributed by atoms with Crippen LogP contribution in [-0.4, -0.2) is 11.5 Å². The molecule has 0 atom stereocenters. The number of nitrogens with one attached hydrogen (secondary N) is 2. The summed E-state index contributed by atoms with van der Waals surface area (Å²) in [6.07, 6.45) is 1.04. The van der Waals surface area contributed by atoms with E-state index >= 15 is 0 Å². The van der Waals surface area contributed by atoms with Crippen molar-refractivity contribution >= 4 is 34.1 Å². The normalized spacial score (nSPS) is 14.4. The molecule has 4 heteroatoms. The molecule has 0 aliphatic carbocycles. The first kappa shape index (κ1) is 13.2. The molecule has 1 aliphatic heterocycles. The molecule has 0 radical (unpaired) electrons. The lowest BCUT2D eigenvalue weighted by Crippen LogP contribution is -2.23. The predicted molar refractivity (Wildman–Crippen MR) is 89.2 cm³/mol. The van der Waals surface area contributed by atoms with E-state index < -0.39 is 0 Å². The van der Waals surface area contributed by atoms with Crippen LogP contribution in [0.1, 0.15) is 11.3 Å². The molecule has 0 saturated heterocycles. The third-order valence-electron chi connectivity index (χ3n) is 4.04. The highest BCUT2D eigenvalue weighted by Gasteiger charge is 2.18. The Kier molecular flexibility index (Phi) is 3.18. The van der Waals surface area contributed by atoms with Crippen molar-refractivity contribution in [2.75, 3.05) is 6.54 Å². The Balaban J connectivity index is 2.02. The second-order valence-electron chi connectivity index (χ2n) is 5.40. The van der Waals surface area contributed by atoms with E-state index in [0.717, 1.165) is 25.1 Å². The molecule has 0 unspecified atom stereocenters. The zero-order chi connectivity index (χ0) is 14.4. The number of hydrogen-bond acceptors (Lipinski definition) is 1. The molecule has 0 fully saturated rings. The van der Waals surface area contributed by atoms with E-state index in [1.807, 2.05) is 12.1 Å². The van der Waals surface area contributed by atoms with Crippen LogP contribution >= 0.6 is 23.2 Å². The van der Waals surface area contributed by atoms with Crippen LogP contribution in [0.15, 0.2) is 36.4 Å². The van der Waals surface area contributed by atoms with E-state index in [1.54, 1.807) is 6.07 Å². The lowest BCUT2D eigenvalue weighted by molar-refractivity contribution is 0.637. The van der Waals surface area contributed by atoms with Crippen molar-refractivity contribution in [2.24, 2.45) is 0 Å². The minimum absolute atomic E-state index is 0.667. The van der Waals surface area contributed by atoms with E-state index in [2.05, 4.69) is 28.5 Å². The van der Waals surface area contributed by atoms with Crippen LogP contribution in [0.3, 0.4) is 0 Å². The second kappa shape index (κ2) is 5.06. The maximum absolute atomic E-state index is 6.17. The number of benzene rings is 2. The van der Waals surface area contributed by atoms with Gasteiger partial charge in [0.1, 0.15) is 0 Å². The second-order valence-corrected chi connectivity index (χ2v) is 6.27. The van der Waals surface area contributed by atoms with Crippen molar-refractivity contribution in [1.29, 1.82) is 0 Å². The van der Waals surface area contributed by atoms with Gasteiger partial charge in [0.2, 0.25) is 0 Å². The molecule has 0 amide bonds. The van der Waals surface area contributed by atoms with E-state index in [1.165, 1.54) is 27.7 Å². The maximum atomic E-state index is 6.17. The van der Waals surface area contributed by atoms with Gasteiger partial charge < -0.3 is 10.3 Å². The Morgan fingerprint density at radius 1 is 1.00 bits per heavy atom. The average molecular weight is 317 g/mol. The lowest BCUT2D eigenvalue weighted by atomic mass is 9.96. The topological polar surface area (TPSA) is 27.8 Å². The fraction of sp³-hybridized carbons (Fsp3) is 0.176. The summed E-state index contributed by atoms with van der Waals surface area (Å²) in [6, 6.07) is 12.1. The fourth-order valence-corrected chi connectivity index (χ4v) is 3.70. The number of aromatic amines is 1. The summed E-state index contributed by atoms with van der Waals surface area (Å²) in [5.41, 5.74) is 6.14. The number of fused-ring (bicyclic) bond motifs is 3. The van der Waals surface area contributed by atoms with Crippen LogP contribution < -0.4 is 5.32 Å². The van der Waals surface area contributed by atoms with Gasteiger partial charge in [-0.1, -0.05) is 35.3 Å². The average Bonchev–Trinajstić information content (AvgIpc) is 2.84. The molecule has 2 N–H and O–H groups in total. The van der Waals surface area contributed by atoms with Gasteiger partial charge in [0, 0.05) is 33.2 Å². The summed E-state index contributed by atoms with van der Waals surface area (Å²) in [5.74, 6) is 0. The molecule has 0 bridgehead atoms. The van der Waals surface area contributed by atoms with Crippen molar-refractivity contribution in [3.05, 3.63) is 57.7 Å². The third-order valence-corrected chi connectivity index (χ3v) is 4.48. The SMILES string of the molecule is Clc1cc(Cl)cc(-c2cccc3[nH]c4c(c23)CCNC4)c1. The van der Waals surface area contributed by atoms with Gasteiger partial charge in [-0.05, 0) is 53.9 Å². The first-order valence-corrected chi connectivity index (χ1v) is 7.77. The van der Waals surface area contributed by atoms with Gasteiger partial charge in [-0.25, -0.2) is 0 Å². The molecule has 21 heavy (non-hydrogen) atoms. The first-order valence-electron chi connectivity index (χ1n) is 7.02. The molecule has 1 aromatic heterocycles. The molecule has 3 aromatic rings. The van der Waals surface area contributed by atoms with Gasteiger partial charge in [0.05, 0.1) is 0 Å². The largest absolute Gasteiger partial charge is 0.357 e. The van der Waals surface area contributed by atoms with Crippen LogP contribution in [0, 0.1) is 0 Å². The summed E-state index contributed by atoms with van der Waals surface area (Å²) in [4.78, 5) is 3.53. The zero-order valence-electron chi connectivity index (χ0n) is 11.3. The van der Waals surface area contributed by atoms with E-state index in [0.29, 0.717) is 10.0 Å². The minimum Gasteiger partial charge on any atom is -0.357 e. The van der Waals surface area contributed by atoms with Crippen molar-refractivity contribution < 1.29 is 0 Å². The highest BCUT2D eigenvalue weighted by Crippen LogP contribution is 2.36. The van der Waals surface area contributed by atoms with Crippen LogP contribution in [-0.2, 0) is 13.0 Å². The Morgan fingerprint density at radius 2 is 1.81 bits per heavy atom. The fourth-order valence-electron chi connectivity index (χ4n) is 3.17. The third kappa shape index (κ3) is 2.24. The molecule has 1 aliphatic rings. The molecule has 2 nitrogen and oxygen atoms in total. The summed E-state index contributed by atoms with van der Waals surface area (Å²) >= 11 is 12.3. The number of hydrogen-bond donors (Lipinski definition) is 2. The smallest absolute Gasteiger partial charge is 0.0465 e. The summed E-state index contributed by atoms with van der Waals surface area (Å²) in [7, 11) is 0.